The Morgan fingerprint density at radius 3 is 2.76 bits per heavy atom. The molecule has 0 saturated carbocycles. The molecule has 25 heavy (non-hydrogen) atoms. The summed E-state index contributed by atoms with van der Waals surface area (Å²) in [7, 11) is 0. The van der Waals surface area contributed by atoms with E-state index in [-0.39, 0.29) is 5.56 Å². The van der Waals surface area contributed by atoms with Crippen molar-refractivity contribution in [2.75, 3.05) is 31.1 Å². The zero-order valence-electron chi connectivity index (χ0n) is 14.2. The molecule has 0 N–H and O–H groups in total. The summed E-state index contributed by atoms with van der Waals surface area (Å²) in [5.41, 5.74) is 2.55. The molecule has 128 valence electrons. The van der Waals surface area contributed by atoms with Crippen LogP contribution in [0.15, 0.2) is 47.8 Å². The number of rotatable bonds is 3. The van der Waals surface area contributed by atoms with E-state index in [2.05, 4.69) is 19.8 Å². The summed E-state index contributed by atoms with van der Waals surface area (Å²) in [6.45, 7) is 6.27. The van der Waals surface area contributed by atoms with Crippen LogP contribution >= 0.6 is 0 Å². The van der Waals surface area contributed by atoms with Crippen molar-refractivity contribution in [2.24, 2.45) is 0 Å². The number of aryl methyl sites for hydroxylation is 1. The summed E-state index contributed by atoms with van der Waals surface area (Å²) < 4.78 is 1.60. The van der Waals surface area contributed by atoms with Crippen LogP contribution in [0.2, 0.25) is 0 Å². The number of hydrogen-bond donors (Lipinski definition) is 0. The van der Waals surface area contributed by atoms with Crippen LogP contribution in [0.3, 0.4) is 0 Å². The monoisotopic (exact) mass is 336 g/mol. The molecule has 4 heterocycles. The number of piperazine rings is 1. The first-order valence-electron chi connectivity index (χ1n) is 8.42. The molecule has 0 unspecified atom stereocenters. The molecular formula is C18H20N6O. The molecule has 0 aromatic carbocycles. The van der Waals surface area contributed by atoms with E-state index in [1.54, 1.807) is 35.3 Å². The Kier molecular flexibility index (Phi) is 4.15. The van der Waals surface area contributed by atoms with Gasteiger partial charge in [0.05, 0.1) is 11.9 Å². The number of anilines is 1. The molecule has 1 aliphatic rings. The Balaban J connectivity index is 1.48. The maximum Gasteiger partial charge on any atom is 0.258 e. The van der Waals surface area contributed by atoms with Crippen LogP contribution < -0.4 is 10.5 Å². The predicted octanol–water partition coefficient (Wildman–Crippen LogP) is 1.12. The van der Waals surface area contributed by atoms with Crippen LogP contribution in [0.4, 0.5) is 5.82 Å². The second-order valence-electron chi connectivity index (χ2n) is 6.30. The molecule has 0 aliphatic carbocycles. The molecule has 7 nitrogen and oxygen atoms in total. The molecule has 1 aliphatic heterocycles. The van der Waals surface area contributed by atoms with Crippen molar-refractivity contribution < 1.29 is 0 Å². The molecular weight excluding hydrogens is 316 g/mol. The number of nitrogens with zero attached hydrogens (tertiary/aromatic N) is 6. The minimum absolute atomic E-state index is 0.0260. The van der Waals surface area contributed by atoms with E-state index in [4.69, 9.17) is 4.98 Å². The van der Waals surface area contributed by atoms with Gasteiger partial charge in [0, 0.05) is 57.4 Å². The van der Waals surface area contributed by atoms with Gasteiger partial charge >= 0.3 is 0 Å². The van der Waals surface area contributed by atoms with E-state index in [0.29, 0.717) is 6.54 Å². The van der Waals surface area contributed by atoms with Crippen molar-refractivity contribution in [3.8, 4) is 0 Å². The lowest BCUT2D eigenvalue weighted by molar-refractivity contribution is 0.246. The minimum Gasteiger partial charge on any atom is -0.353 e. The van der Waals surface area contributed by atoms with Crippen LogP contribution in [-0.2, 0) is 6.54 Å². The smallest absolute Gasteiger partial charge is 0.258 e. The summed E-state index contributed by atoms with van der Waals surface area (Å²) in [6.07, 6.45) is 6.97. The third-order valence-electron chi connectivity index (χ3n) is 4.57. The average Bonchev–Trinajstić information content (AvgIpc) is 2.64. The second kappa shape index (κ2) is 6.60. The summed E-state index contributed by atoms with van der Waals surface area (Å²) in [5, 5.41) is 0. The van der Waals surface area contributed by atoms with E-state index in [0.717, 1.165) is 48.9 Å². The van der Waals surface area contributed by atoms with Gasteiger partial charge in [-0.1, -0.05) is 6.07 Å². The van der Waals surface area contributed by atoms with Gasteiger partial charge in [-0.3, -0.25) is 19.1 Å². The van der Waals surface area contributed by atoms with Gasteiger partial charge in [-0.25, -0.2) is 9.97 Å². The number of hydrogen-bond acceptors (Lipinski definition) is 6. The molecule has 7 heteroatoms. The number of pyridine rings is 1. The maximum absolute atomic E-state index is 12.3. The van der Waals surface area contributed by atoms with Crippen molar-refractivity contribution in [1.82, 2.24) is 24.3 Å². The largest absolute Gasteiger partial charge is 0.353 e. The molecule has 3 aromatic heterocycles. The van der Waals surface area contributed by atoms with Crippen molar-refractivity contribution in [3.63, 3.8) is 0 Å². The molecule has 0 spiro atoms. The Bertz CT molecular complexity index is 931. The van der Waals surface area contributed by atoms with Crippen molar-refractivity contribution in [1.29, 1.82) is 0 Å². The lowest BCUT2D eigenvalue weighted by atomic mass is 10.2. The van der Waals surface area contributed by atoms with Gasteiger partial charge in [0.1, 0.15) is 11.5 Å². The van der Waals surface area contributed by atoms with Crippen LogP contribution in [0, 0.1) is 6.92 Å². The molecule has 1 fully saturated rings. The van der Waals surface area contributed by atoms with Gasteiger partial charge in [0.15, 0.2) is 0 Å². The fourth-order valence-electron chi connectivity index (χ4n) is 3.21. The standard InChI is InChI=1S/C18H20N6O/c1-14-3-2-6-24-17(25)11-15(21-18(14)24)13-22-7-9-23(10-8-22)16-12-19-4-5-20-16/h2-6,11-12H,7-10,13H2,1H3. The summed E-state index contributed by atoms with van der Waals surface area (Å²) in [6, 6.07) is 5.49. The first-order chi connectivity index (χ1) is 12.2. The summed E-state index contributed by atoms with van der Waals surface area (Å²) >= 11 is 0. The highest BCUT2D eigenvalue weighted by atomic mass is 16.1. The quantitative estimate of drug-likeness (QED) is 0.714. The number of aromatic nitrogens is 4. The molecule has 3 aromatic rings. The zero-order valence-corrected chi connectivity index (χ0v) is 14.2. The molecule has 0 atom stereocenters. The predicted molar refractivity (Wildman–Crippen MR) is 95.7 cm³/mol. The van der Waals surface area contributed by atoms with Crippen LogP contribution in [0.1, 0.15) is 11.3 Å². The number of fused-ring (bicyclic) bond motifs is 1. The Labute approximate surface area is 145 Å². The lowest BCUT2D eigenvalue weighted by Crippen LogP contribution is -2.46. The fourth-order valence-corrected chi connectivity index (χ4v) is 3.21. The molecule has 1 saturated heterocycles. The van der Waals surface area contributed by atoms with Crippen molar-refractivity contribution in [2.45, 2.75) is 13.5 Å². The van der Waals surface area contributed by atoms with E-state index in [9.17, 15) is 4.79 Å². The van der Waals surface area contributed by atoms with Gasteiger partial charge in [0.25, 0.3) is 5.56 Å². The summed E-state index contributed by atoms with van der Waals surface area (Å²) in [5.74, 6) is 0.917. The molecule has 4 rings (SSSR count). The lowest BCUT2D eigenvalue weighted by Gasteiger charge is -2.34. The third-order valence-corrected chi connectivity index (χ3v) is 4.57. The normalized spacial score (nSPS) is 15.6. The average molecular weight is 336 g/mol. The molecule has 0 bridgehead atoms. The first kappa shape index (κ1) is 15.7. The second-order valence-corrected chi connectivity index (χ2v) is 6.30. The van der Waals surface area contributed by atoms with Crippen LogP contribution in [0.25, 0.3) is 5.65 Å². The van der Waals surface area contributed by atoms with Gasteiger partial charge in [0.2, 0.25) is 0 Å². The Morgan fingerprint density at radius 2 is 2.00 bits per heavy atom. The van der Waals surface area contributed by atoms with Crippen molar-refractivity contribution in [3.05, 3.63) is 64.6 Å². The van der Waals surface area contributed by atoms with E-state index < -0.39 is 0 Å². The topological polar surface area (TPSA) is 66.6 Å². The van der Waals surface area contributed by atoms with Gasteiger partial charge in [-0.2, -0.15) is 0 Å². The minimum atomic E-state index is -0.0260. The highest BCUT2D eigenvalue weighted by molar-refractivity contribution is 5.46. The van der Waals surface area contributed by atoms with E-state index in [1.807, 2.05) is 19.1 Å². The first-order valence-corrected chi connectivity index (χ1v) is 8.42. The third kappa shape index (κ3) is 3.23. The van der Waals surface area contributed by atoms with E-state index in [1.165, 1.54) is 0 Å². The highest BCUT2D eigenvalue weighted by Gasteiger charge is 2.19. The van der Waals surface area contributed by atoms with Crippen LogP contribution in [0.5, 0.6) is 0 Å². The van der Waals surface area contributed by atoms with Crippen LogP contribution in [-0.4, -0.2) is 50.4 Å². The van der Waals surface area contributed by atoms with Crippen molar-refractivity contribution >= 4 is 11.5 Å². The highest BCUT2D eigenvalue weighted by Crippen LogP contribution is 2.13. The molecule has 0 amide bonds. The summed E-state index contributed by atoms with van der Waals surface area (Å²) in [4.78, 5) is 30.0. The maximum atomic E-state index is 12.3. The Hall–Kier alpha value is -2.80. The van der Waals surface area contributed by atoms with E-state index >= 15 is 0 Å². The van der Waals surface area contributed by atoms with Gasteiger partial charge < -0.3 is 4.90 Å². The van der Waals surface area contributed by atoms with Gasteiger partial charge in [-0.15, -0.1) is 0 Å². The fraction of sp³-hybridized carbons (Fsp3) is 0.333. The zero-order chi connectivity index (χ0) is 17.2. The SMILES string of the molecule is Cc1cccn2c(=O)cc(CN3CCN(c4cnccn4)CC3)nc12. The van der Waals surface area contributed by atoms with Gasteiger partial charge in [-0.05, 0) is 18.6 Å². The Morgan fingerprint density at radius 1 is 1.16 bits per heavy atom. The molecule has 0 radical (unpaired) electrons.